The van der Waals surface area contributed by atoms with E-state index >= 15 is 0 Å². The number of benzene rings is 2. The number of hydrogen-bond donors (Lipinski definition) is 2. The lowest BCUT2D eigenvalue weighted by Crippen LogP contribution is -2.40. The number of nitrogens with one attached hydrogen (secondary N) is 2. The van der Waals surface area contributed by atoms with E-state index in [2.05, 4.69) is 20.4 Å². The monoisotopic (exact) mass is 468 g/mol. The van der Waals surface area contributed by atoms with E-state index in [1.165, 1.54) is 6.42 Å². The Morgan fingerprint density at radius 1 is 1.15 bits per heavy atom. The number of hydrogen-bond acceptors (Lipinski definition) is 6. The van der Waals surface area contributed by atoms with E-state index in [4.69, 9.17) is 4.74 Å². The summed E-state index contributed by atoms with van der Waals surface area (Å²) in [4.78, 5) is 30.2. The second-order valence-corrected chi connectivity index (χ2v) is 8.34. The molecule has 1 saturated heterocycles. The predicted molar refractivity (Wildman–Crippen MR) is 132 cm³/mol. The molecule has 0 bridgehead atoms. The summed E-state index contributed by atoms with van der Waals surface area (Å²) >= 11 is 0. The van der Waals surface area contributed by atoms with Gasteiger partial charge < -0.3 is 25.2 Å². The second kappa shape index (κ2) is 9.85. The Morgan fingerprint density at radius 3 is 2.61 bits per heavy atom. The molecular weight excluding hydrogens is 440 g/mol. The molecule has 0 saturated carbocycles. The molecule has 3 aliphatic heterocycles. The van der Waals surface area contributed by atoms with Crippen molar-refractivity contribution in [3.63, 3.8) is 0 Å². The molecule has 2 N–H and O–H groups in total. The van der Waals surface area contributed by atoms with Crippen molar-refractivity contribution in [3.05, 3.63) is 59.9 Å². The van der Waals surface area contributed by atoms with Crippen molar-refractivity contribution in [2.75, 3.05) is 41.4 Å². The Labute approximate surface area is 200 Å². The maximum atomic E-state index is 13.2. The van der Waals surface area contributed by atoms with Crippen molar-refractivity contribution in [1.29, 1.82) is 0 Å². The van der Waals surface area contributed by atoms with E-state index in [-0.39, 0.29) is 29.7 Å². The Bertz CT molecular complexity index is 1050. The lowest BCUT2D eigenvalue weighted by Gasteiger charge is -2.30. The number of carbonyl (C=O) groups excluding carboxylic acids is 2. The molecule has 0 aliphatic carbocycles. The number of nitrogens with zero attached hydrogens (tertiary/aromatic N) is 2. The molecule has 0 radical (unpaired) electrons. The number of ether oxygens (including phenoxy) is 1. The van der Waals surface area contributed by atoms with Crippen LogP contribution in [0.4, 0.5) is 17.1 Å². The highest BCUT2D eigenvalue weighted by Crippen LogP contribution is 2.44. The molecule has 0 aromatic heterocycles. The first kappa shape index (κ1) is 23.1. The first-order chi connectivity index (χ1) is 15.7. The first-order valence-electron chi connectivity index (χ1n) is 11.3. The van der Waals surface area contributed by atoms with E-state index in [9.17, 15) is 9.59 Å². The Hall–Kier alpha value is -3.03. The Kier molecular flexibility index (Phi) is 6.91. The van der Waals surface area contributed by atoms with Crippen LogP contribution in [0.15, 0.2) is 59.9 Å². The van der Waals surface area contributed by atoms with Crippen molar-refractivity contribution in [2.24, 2.45) is 0 Å². The van der Waals surface area contributed by atoms with Crippen LogP contribution in [0, 0.1) is 0 Å². The second-order valence-electron chi connectivity index (χ2n) is 8.34. The van der Waals surface area contributed by atoms with Crippen LogP contribution in [0.5, 0.6) is 5.75 Å². The topological polar surface area (TPSA) is 73.9 Å². The SMILES string of the molecule is CCN1C2=C(C(=O)Nc3ccc(OC[C@@H]4CCCN4)cc3)C(=O)CCN2c2ccccc21.Cl. The van der Waals surface area contributed by atoms with Crippen LogP contribution in [0.3, 0.4) is 0 Å². The van der Waals surface area contributed by atoms with Crippen LogP contribution in [0.2, 0.25) is 0 Å². The third-order valence-electron chi connectivity index (χ3n) is 6.31. The molecule has 3 aliphatic rings. The highest BCUT2D eigenvalue weighted by Gasteiger charge is 2.40. The number of anilines is 3. The zero-order valence-corrected chi connectivity index (χ0v) is 19.5. The smallest absolute Gasteiger partial charge is 0.263 e. The van der Waals surface area contributed by atoms with Gasteiger partial charge in [-0.2, -0.15) is 0 Å². The Balaban J connectivity index is 0.00000259. The van der Waals surface area contributed by atoms with Gasteiger partial charge in [0.2, 0.25) is 0 Å². The van der Waals surface area contributed by atoms with Crippen LogP contribution in [-0.2, 0) is 9.59 Å². The average molecular weight is 469 g/mol. The minimum atomic E-state index is -0.371. The van der Waals surface area contributed by atoms with E-state index < -0.39 is 0 Å². The summed E-state index contributed by atoms with van der Waals surface area (Å²) in [6, 6.07) is 15.8. The van der Waals surface area contributed by atoms with E-state index in [1.54, 1.807) is 0 Å². The van der Waals surface area contributed by atoms with Gasteiger partial charge in [-0.25, -0.2) is 0 Å². The summed E-state index contributed by atoms with van der Waals surface area (Å²) in [6.45, 7) is 4.98. The van der Waals surface area contributed by atoms with E-state index in [0.717, 1.165) is 30.1 Å². The van der Waals surface area contributed by atoms with Gasteiger partial charge in [0.15, 0.2) is 5.78 Å². The van der Waals surface area contributed by atoms with Gasteiger partial charge in [0, 0.05) is 31.2 Å². The number of rotatable bonds is 6. The van der Waals surface area contributed by atoms with Crippen LogP contribution in [-0.4, -0.2) is 44.0 Å². The summed E-state index contributed by atoms with van der Waals surface area (Å²) in [5.74, 6) is 0.960. The van der Waals surface area contributed by atoms with Crippen molar-refractivity contribution in [3.8, 4) is 5.75 Å². The van der Waals surface area contributed by atoms with Gasteiger partial charge in [0.05, 0.1) is 11.4 Å². The number of halogens is 1. The molecule has 0 unspecified atom stereocenters. The van der Waals surface area contributed by atoms with Crippen LogP contribution in [0.25, 0.3) is 0 Å². The molecule has 7 nitrogen and oxygen atoms in total. The number of fused-ring (bicyclic) bond motifs is 3. The maximum Gasteiger partial charge on any atom is 0.263 e. The molecule has 1 atom stereocenters. The highest BCUT2D eigenvalue weighted by molar-refractivity contribution is 6.25. The molecule has 0 spiro atoms. The van der Waals surface area contributed by atoms with Gasteiger partial charge in [-0.3, -0.25) is 9.59 Å². The van der Waals surface area contributed by atoms with Crippen molar-refractivity contribution in [2.45, 2.75) is 32.2 Å². The number of amides is 1. The zero-order valence-electron chi connectivity index (χ0n) is 18.7. The van der Waals surface area contributed by atoms with Crippen molar-refractivity contribution >= 4 is 41.2 Å². The molecular formula is C25H29ClN4O3. The molecule has 3 heterocycles. The van der Waals surface area contributed by atoms with Crippen LogP contribution < -0.4 is 25.2 Å². The molecule has 1 amide bonds. The summed E-state index contributed by atoms with van der Waals surface area (Å²) in [5, 5.41) is 6.32. The predicted octanol–water partition coefficient (Wildman–Crippen LogP) is 3.71. The fourth-order valence-electron chi connectivity index (χ4n) is 4.73. The number of Topliss-reactive ketones (excluding diaryl/α,β-unsaturated/α-hetero) is 1. The van der Waals surface area contributed by atoms with Gasteiger partial charge in [-0.1, -0.05) is 12.1 Å². The lowest BCUT2D eigenvalue weighted by atomic mass is 10.0. The van der Waals surface area contributed by atoms with Gasteiger partial charge >= 0.3 is 0 Å². The first-order valence-corrected chi connectivity index (χ1v) is 11.3. The largest absolute Gasteiger partial charge is 0.492 e. The minimum absolute atomic E-state index is 0. The third kappa shape index (κ3) is 4.43. The molecule has 8 heteroatoms. The highest BCUT2D eigenvalue weighted by atomic mass is 35.5. The number of ketones is 1. The molecule has 5 rings (SSSR count). The standard InChI is InChI=1S/C25H28N4O3.ClH/c1-2-28-20-7-3-4-8-21(20)29-15-13-22(30)23(25(28)29)24(31)27-17-9-11-19(12-10-17)32-16-18-6-5-14-26-18;/h3-4,7-12,18,26H,2,5-6,13-16H2,1H3,(H,27,31);1H/t18-;/m0./s1. The molecule has 2 aromatic rings. The van der Waals surface area contributed by atoms with Crippen LogP contribution in [0.1, 0.15) is 26.2 Å². The molecule has 33 heavy (non-hydrogen) atoms. The van der Waals surface area contributed by atoms with Crippen LogP contribution >= 0.6 is 12.4 Å². The summed E-state index contributed by atoms with van der Waals surface area (Å²) < 4.78 is 5.85. The Morgan fingerprint density at radius 2 is 1.91 bits per heavy atom. The fraction of sp³-hybridized carbons (Fsp3) is 0.360. The molecule has 1 fully saturated rings. The number of carbonyl (C=O) groups is 2. The van der Waals surface area contributed by atoms with Gasteiger partial charge in [0.1, 0.15) is 23.8 Å². The summed E-state index contributed by atoms with van der Waals surface area (Å²) in [6.07, 6.45) is 2.64. The molecule has 174 valence electrons. The summed E-state index contributed by atoms with van der Waals surface area (Å²) in [5.41, 5.74) is 2.93. The average Bonchev–Trinajstić information content (AvgIpc) is 3.44. The van der Waals surface area contributed by atoms with Gasteiger partial charge in [-0.05, 0) is 62.7 Å². The van der Waals surface area contributed by atoms with E-state index in [1.807, 2.05) is 55.5 Å². The normalized spacial score (nSPS) is 19.2. The van der Waals surface area contributed by atoms with E-state index in [0.29, 0.717) is 43.7 Å². The summed E-state index contributed by atoms with van der Waals surface area (Å²) in [7, 11) is 0. The van der Waals surface area contributed by atoms with Crippen molar-refractivity contribution in [1.82, 2.24) is 5.32 Å². The number of para-hydroxylation sites is 2. The fourth-order valence-corrected chi connectivity index (χ4v) is 4.73. The zero-order chi connectivity index (χ0) is 22.1. The maximum absolute atomic E-state index is 13.2. The van der Waals surface area contributed by atoms with Gasteiger partial charge in [-0.15, -0.1) is 12.4 Å². The molecule has 2 aromatic carbocycles. The quantitative estimate of drug-likeness (QED) is 0.630. The van der Waals surface area contributed by atoms with Crippen molar-refractivity contribution < 1.29 is 14.3 Å². The van der Waals surface area contributed by atoms with Gasteiger partial charge in [0.25, 0.3) is 5.91 Å². The third-order valence-corrected chi connectivity index (χ3v) is 6.31. The minimum Gasteiger partial charge on any atom is -0.492 e. The lowest BCUT2D eigenvalue weighted by molar-refractivity contribution is -0.120.